The minimum atomic E-state index is -0.388. The number of methoxy groups -OCH3 is 1. The molecule has 1 aromatic rings. The van der Waals surface area contributed by atoms with Crippen LogP contribution in [0.25, 0.3) is 0 Å². The molecule has 0 aliphatic heterocycles. The predicted octanol–water partition coefficient (Wildman–Crippen LogP) is 2.67. The number of ether oxygens (including phenoxy) is 1. The van der Waals surface area contributed by atoms with E-state index in [0.717, 1.165) is 12.5 Å². The van der Waals surface area contributed by atoms with Gasteiger partial charge in [0.05, 0.1) is 18.1 Å². The van der Waals surface area contributed by atoms with Crippen molar-refractivity contribution < 1.29 is 9.66 Å². The normalized spacial score (nSPS) is 22.0. The van der Waals surface area contributed by atoms with Crippen LogP contribution in [0.4, 0.5) is 11.4 Å². The standard InChI is InChI=1S/C12H16N2O3/c1-8-5-9(8)7-13-11-4-3-10(17-2)6-12(11)14(15)16/h3-4,6,8-9,13H,5,7H2,1-2H3. The second kappa shape index (κ2) is 4.61. The largest absolute Gasteiger partial charge is 0.496 e. The van der Waals surface area contributed by atoms with Crippen molar-refractivity contribution in [2.24, 2.45) is 11.8 Å². The third-order valence-electron chi connectivity index (χ3n) is 3.23. The fourth-order valence-corrected chi connectivity index (χ4v) is 1.86. The van der Waals surface area contributed by atoms with Gasteiger partial charge in [-0.25, -0.2) is 0 Å². The van der Waals surface area contributed by atoms with Gasteiger partial charge in [-0.3, -0.25) is 10.1 Å². The summed E-state index contributed by atoms with van der Waals surface area (Å²) in [6.45, 7) is 2.99. The van der Waals surface area contributed by atoms with Crippen LogP contribution < -0.4 is 10.1 Å². The number of anilines is 1. The number of nitro groups is 1. The van der Waals surface area contributed by atoms with Crippen molar-refractivity contribution in [1.82, 2.24) is 0 Å². The summed E-state index contributed by atoms with van der Waals surface area (Å²) in [6, 6.07) is 4.87. The minimum absolute atomic E-state index is 0.0673. The van der Waals surface area contributed by atoms with Gasteiger partial charge in [0.2, 0.25) is 0 Å². The molecule has 2 atom stereocenters. The Hall–Kier alpha value is -1.78. The highest BCUT2D eigenvalue weighted by molar-refractivity contribution is 5.63. The van der Waals surface area contributed by atoms with E-state index in [0.29, 0.717) is 17.4 Å². The summed E-state index contributed by atoms with van der Waals surface area (Å²) in [4.78, 5) is 10.5. The lowest BCUT2D eigenvalue weighted by atomic mass is 10.2. The molecule has 1 N–H and O–H groups in total. The molecule has 0 amide bonds. The number of nitrogens with one attached hydrogen (secondary N) is 1. The molecule has 0 spiro atoms. The fourth-order valence-electron chi connectivity index (χ4n) is 1.86. The Morgan fingerprint density at radius 1 is 1.59 bits per heavy atom. The van der Waals surface area contributed by atoms with Crippen LogP contribution in [0.2, 0.25) is 0 Å². The topological polar surface area (TPSA) is 64.4 Å². The highest BCUT2D eigenvalue weighted by Gasteiger charge is 2.32. The first-order valence-electron chi connectivity index (χ1n) is 5.68. The maximum atomic E-state index is 10.9. The predicted molar refractivity (Wildman–Crippen MR) is 65.4 cm³/mol. The number of benzene rings is 1. The van der Waals surface area contributed by atoms with Crippen LogP contribution in [0.5, 0.6) is 5.75 Å². The van der Waals surface area contributed by atoms with E-state index in [4.69, 9.17) is 4.74 Å². The Morgan fingerprint density at radius 2 is 2.29 bits per heavy atom. The number of rotatable bonds is 5. The van der Waals surface area contributed by atoms with Crippen LogP contribution in [0, 0.1) is 22.0 Å². The second-order valence-electron chi connectivity index (χ2n) is 4.49. The average molecular weight is 236 g/mol. The quantitative estimate of drug-likeness (QED) is 0.630. The third-order valence-corrected chi connectivity index (χ3v) is 3.23. The van der Waals surface area contributed by atoms with Crippen LogP contribution in [0.15, 0.2) is 18.2 Å². The second-order valence-corrected chi connectivity index (χ2v) is 4.49. The zero-order chi connectivity index (χ0) is 12.4. The van der Waals surface area contributed by atoms with E-state index < -0.39 is 0 Å². The summed E-state index contributed by atoms with van der Waals surface area (Å²) in [5, 5.41) is 14.1. The van der Waals surface area contributed by atoms with Gasteiger partial charge in [-0.1, -0.05) is 6.92 Å². The molecule has 1 aromatic carbocycles. The van der Waals surface area contributed by atoms with Crippen LogP contribution in [-0.2, 0) is 0 Å². The maximum absolute atomic E-state index is 10.9. The van der Waals surface area contributed by atoms with Gasteiger partial charge < -0.3 is 10.1 Å². The first-order valence-corrected chi connectivity index (χ1v) is 5.68. The van der Waals surface area contributed by atoms with E-state index in [1.165, 1.54) is 19.6 Å². The number of nitrogens with zero attached hydrogens (tertiary/aromatic N) is 1. The Balaban J connectivity index is 2.11. The molecule has 2 unspecified atom stereocenters. The van der Waals surface area contributed by atoms with E-state index in [2.05, 4.69) is 12.2 Å². The van der Waals surface area contributed by atoms with Crippen molar-refractivity contribution in [2.45, 2.75) is 13.3 Å². The van der Waals surface area contributed by atoms with Gasteiger partial charge >= 0.3 is 0 Å². The molecule has 17 heavy (non-hydrogen) atoms. The minimum Gasteiger partial charge on any atom is -0.496 e. The highest BCUT2D eigenvalue weighted by atomic mass is 16.6. The Kier molecular flexibility index (Phi) is 3.17. The first kappa shape index (κ1) is 11.7. The van der Waals surface area contributed by atoms with Crippen molar-refractivity contribution in [1.29, 1.82) is 0 Å². The van der Waals surface area contributed by atoms with E-state index in [1.54, 1.807) is 12.1 Å². The zero-order valence-electron chi connectivity index (χ0n) is 9.97. The Morgan fingerprint density at radius 3 is 2.82 bits per heavy atom. The highest BCUT2D eigenvalue weighted by Crippen LogP contribution is 2.38. The smallest absolute Gasteiger partial charge is 0.296 e. The van der Waals surface area contributed by atoms with Crippen LogP contribution >= 0.6 is 0 Å². The monoisotopic (exact) mass is 236 g/mol. The lowest BCUT2D eigenvalue weighted by Gasteiger charge is -2.07. The average Bonchev–Trinajstić information content (AvgIpc) is 3.02. The summed E-state index contributed by atoms with van der Waals surface area (Å²) < 4.78 is 4.98. The Labute approximate surface area is 99.9 Å². The lowest BCUT2D eigenvalue weighted by Crippen LogP contribution is -2.06. The Bertz CT molecular complexity index is 434. The zero-order valence-corrected chi connectivity index (χ0v) is 9.97. The van der Waals surface area contributed by atoms with Crippen LogP contribution in [-0.4, -0.2) is 18.6 Å². The van der Waals surface area contributed by atoms with E-state index in [9.17, 15) is 10.1 Å². The number of hydrogen-bond donors (Lipinski definition) is 1. The number of nitro benzene ring substituents is 1. The molecule has 0 saturated heterocycles. The molecule has 1 fully saturated rings. The van der Waals surface area contributed by atoms with Crippen molar-refractivity contribution in [2.75, 3.05) is 19.0 Å². The molecule has 0 heterocycles. The molecule has 0 bridgehead atoms. The fraction of sp³-hybridized carbons (Fsp3) is 0.500. The summed E-state index contributed by atoms with van der Waals surface area (Å²) in [5.74, 6) is 1.89. The molecule has 0 radical (unpaired) electrons. The molecule has 5 nitrogen and oxygen atoms in total. The molecule has 0 aromatic heterocycles. The van der Waals surface area contributed by atoms with Crippen LogP contribution in [0.1, 0.15) is 13.3 Å². The summed E-state index contributed by atoms with van der Waals surface area (Å²) in [7, 11) is 1.50. The van der Waals surface area contributed by atoms with Crippen molar-refractivity contribution in [3.8, 4) is 5.75 Å². The molecule has 5 heteroatoms. The van der Waals surface area contributed by atoms with Gasteiger partial charge in [0.15, 0.2) is 0 Å². The first-order chi connectivity index (χ1) is 8.11. The maximum Gasteiger partial charge on any atom is 0.296 e. The van der Waals surface area contributed by atoms with Gasteiger partial charge in [0.1, 0.15) is 11.4 Å². The van der Waals surface area contributed by atoms with Crippen LogP contribution in [0.3, 0.4) is 0 Å². The molecule has 1 aliphatic carbocycles. The van der Waals surface area contributed by atoms with Crippen molar-refractivity contribution in [3.63, 3.8) is 0 Å². The van der Waals surface area contributed by atoms with Gasteiger partial charge in [-0.2, -0.15) is 0 Å². The molecule has 2 rings (SSSR count). The summed E-state index contributed by atoms with van der Waals surface area (Å²) in [6.07, 6.45) is 1.21. The van der Waals surface area contributed by atoms with Gasteiger partial charge in [-0.05, 0) is 30.4 Å². The molecular weight excluding hydrogens is 220 g/mol. The lowest BCUT2D eigenvalue weighted by molar-refractivity contribution is -0.384. The van der Waals surface area contributed by atoms with E-state index in [-0.39, 0.29) is 10.6 Å². The van der Waals surface area contributed by atoms with Crippen molar-refractivity contribution in [3.05, 3.63) is 28.3 Å². The molecule has 1 aliphatic rings. The SMILES string of the molecule is COc1ccc(NCC2CC2C)c([N+](=O)[O-])c1. The van der Waals surface area contributed by atoms with Gasteiger partial charge in [0, 0.05) is 6.54 Å². The number of hydrogen-bond acceptors (Lipinski definition) is 4. The van der Waals surface area contributed by atoms with Gasteiger partial charge in [-0.15, -0.1) is 0 Å². The summed E-state index contributed by atoms with van der Waals surface area (Å²) in [5.41, 5.74) is 0.632. The molecule has 92 valence electrons. The van der Waals surface area contributed by atoms with Gasteiger partial charge in [0.25, 0.3) is 5.69 Å². The molecule has 1 saturated carbocycles. The third kappa shape index (κ3) is 2.67. The van der Waals surface area contributed by atoms with E-state index in [1.807, 2.05) is 0 Å². The van der Waals surface area contributed by atoms with E-state index >= 15 is 0 Å². The summed E-state index contributed by atoms with van der Waals surface area (Å²) >= 11 is 0. The molecular formula is C12H16N2O3. The van der Waals surface area contributed by atoms with Crippen molar-refractivity contribution >= 4 is 11.4 Å².